The van der Waals surface area contributed by atoms with Gasteiger partial charge in [0.1, 0.15) is 17.3 Å². The van der Waals surface area contributed by atoms with Gasteiger partial charge in [-0.25, -0.2) is 9.78 Å². The summed E-state index contributed by atoms with van der Waals surface area (Å²) in [6, 6.07) is 8.80. The van der Waals surface area contributed by atoms with Crippen molar-refractivity contribution in [2.75, 3.05) is 31.1 Å². The van der Waals surface area contributed by atoms with E-state index in [4.69, 9.17) is 0 Å². The predicted octanol–water partition coefficient (Wildman–Crippen LogP) is 3.61. The normalized spacial score (nSPS) is 21.0. The Morgan fingerprint density at radius 3 is 2.41 bits per heavy atom. The number of hydrogen-bond acceptors (Lipinski definition) is 5. The fraction of sp³-hybridized carbons (Fsp3) is 0.500. The van der Waals surface area contributed by atoms with Crippen LogP contribution in [0.3, 0.4) is 0 Å². The molecule has 1 saturated heterocycles. The third kappa shape index (κ3) is 5.03. The maximum Gasteiger partial charge on any atom is 0.433 e. The van der Waals surface area contributed by atoms with Gasteiger partial charge in [-0.2, -0.15) is 13.2 Å². The van der Waals surface area contributed by atoms with E-state index in [1.807, 2.05) is 4.90 Å². The molecular weight excluding hydrogens is 487 g/mol. The van der Waals surface area contributed by atoms with Gasteiger partial charge >= 0.3 is 11.9 Å². The predicted molar refractivity (Wildman–Crippen MR) is 132 cm³/mol. The molecule has 2 aliphatic rings. The quantitative estimate of drug-likeness (QED) is 0.572. The molecule has 2 fully saturated rings. The smallest absolute Gasteiger partial charge is 0.433 e. The molecule has 1 N–H and O–H groups in total. The number of rotatable bonds is 4. The number of alkyl halides is 3. The van der Waals surface area contributed by atoms with Crippen molar-refractivity contribution in [3.05, 3.63) is 52.6 Å². The number of anilines is 1. The first-order valence-electron chi connectivity index (χ1n) is 12.6. The number of carbonyl (C=O) groups excluding carboxylic acids is 1. The molecule has 1 aliphatic carbocycles. The molecule has 0 atom stereocenters. The van der Waals surface area contributed by atoms with E-state index in [-0.39, 0.29) is 35.0 Å². The van der Waals surface area contributed by atoms with Gasteiger partial charge in [0, 0.05) is 51.8 Å². The van der Waals surface area contributed by atoms with Gasteiger partial charge in [-0.3, -0.25) is 13.9 Å². The number of aromatic nitrogens is 3. The Hall–Kier alpha value is -3.50. The summed E-state index contributed by atoms with van der Waals surface area (Å²) < 4.78 is 42.3. The molecule has 0 unspecified atom stereocenters. The molecule has 8 nitrogen and oxygen atoms in total. The second-order valence-electron chi connectivity index (χ2n) is 10.0. The Balaban J connectivity index is 1.16. The van der Waals surface area contributed by atoms with Crippen LogP contribution in [-0.2, 0) is 24.6 Å². The second-order valence-corrected chi connectivity index (χ2v) is 10.0. The summed E-state index contributed by atoms with van der Waals surface area (Å²) in [4.78, 5) is 33.3. The number of phenolic OH excluding ortho intramolecular Hbond substituents is 1. The van der Waals surface area contributed by atoms with Crippen molar-refractivity contribution in [2.24, 2.45) is 18.9 Å². The molecule has 5 rings (SSSR count). The highest BCUT2D eigenvalue weighted by Crippen LogP contribution is 2.33. The van der Waals surface area contributed by atoms with Gasteiger partial charge in [0.2, 0.25) is 5.91 Å². The Labute approximate surface area is 211 Å². The van der Waals surface area contributed by atoms with E-state index in [1.165, 1.54) is 6.07 Å². The van der Waals surface area contributed by atoms with Crippen LogP contribution in [0.15, 0.2) is 41.2 Å². The third-order valence-electron chi connectivity index (χ3n) is 7.71. The Bertz CT molecular complexity index is 1350. The van der Waals surface area contributed by atoms with Crippen LogP contribution in [0.25, 0.3) is 11.0 Å². The minimum Gasteiger partial charge on any atom is -0.508 e. The van der Waals surface area contributed by atoms with Crippen molar-refractivity contribution < 1.29 is 23.1 Å². The number of benzene rings is 1. The number of hydrogen-bond donors (Lipinski definition) is 1. The van der Waals surface area contributed by atoms with Crippen LogP contribution in [0, 0.1) is 11.8 Å². The molecule has 0 radical (unpaired) electrons. The number of halogens is 3. The highest BCUT2D eigenvalue weighted by Gasteiger charge is 2.34. The highest BCUT2D eigenvalue weighted by molar-refractivity contribution is 5.79. The van der Waals surface area contributed by atoms with Crippen LogP contribution in [0.1, 0.15) is 31.4 Å². The van der Waals surface area contributed by atoms with E-state index in [0.717, 1.165) is 37.3 Å². The van der Waals surface area contributed by atoms with Crippen LogP contribution >= 0.6 is 0 Å². The minimum atomic E-state index is -4.49. The highest BCUT2D eigenvalue weighted by atomic mass is 19.4. The standard InChI is InChI=1S/C26H30F3N5O3/c1-31-20-10-9-19(35)15-21(20)34(25(31)37)16-17-5-7-18(8-6-17)24(36)33-13-11-32(12-14-33)23-4-2-3-22(30-23)26(27,28)29/h2-4,9-10,15,17-18,35H,5-8,11-14,16H2,1H3. The van der Waals surface area contributed by atoms with E-state index in [9.17, 15) is 27.9 Å². The topological polar surface area (TPSA) is 83.6 Å². The molecule has 1 aromatic carbocycles. The Morgan fingerprint density at radius 2 is 1.73 bits per heavy atom. The lowest BCUT2D eigenvalue weighted by molar-refractivity contribution is -0.141. The molecule has 3 aromatic rings. The molecule has 3 heterocycles. The number of piperazine rings is 1. The zero-order valence-electron chi connectivity index (χ0n) is 20.6. The second kappa shape index (κ2) is 9.75. The van der Waals surface area contributed by atoms with Crippen molar-refractivity contribution in [3.63, 3.8) is 0 Å². The van der Waals surface area contributed by atoms with Crippen LogP contribution in [0.5, 0.6) is 5.75 Å². The van der Waals surface area contributed by atoms with E-state index in [1.54, 1.807) is 45.3 Å². The average Bonchev–Trinajstić information content (AvgIpc) is 3.12. The van der Waals surface area contributed by atoms with Gasteiger partial charge in [-0.1, -0.05) is 6.07 Å². The van der Waals surface area contributed by atoms with Gasteiger partial charge in [0.05, 0.1) is 11.0 Å². The van der Waals surface area contributed by atoms with Gasteiger partial charge in [0.25, 0.3) is 0 Å². The SMILES string of the molecule is Cn1c(=O)n(CC2CCC(C(=O)N3CCN(c4cccc(C(F)(F)F)n4)CC3)CC2)c2cc(O)ccc21. The number of imidazole rings is 1. The summed E-state index contributed by atoms with van der Waals surface area (Å²) in [6.45, 7) is 2.32. The van der Waals surface area contributed by atoms with Gasteiger partial charge in [0.15, 0.2) is 0 Å². The summed E-state index contributed by atoms with van der Waals surface area (Å²) in [5, 5.41) is 9.89. The van der Waals surface area contributed by atoms with Crippen LogP contribution in [-0.4, -0.2) is 56.2 Å². The number of aromatic hydroxyl groups is 1. The summed E-state index contributed by atoms with van der Waals surface area (Å²) in [5.41, 5.74) is 0.444. The molecule has 1 amide bonds. The zero-order chi connectivity index (χ0) is 26.3. The lowest BCUT2D eigenvalue weighted by Crippen LogP contribution is -2.51. The summed E-state index contributed by atoms with van der Waals surface area (Å²) in [6.07, 6.45) is -1.36. The lowest BCUT2D eigenvalue weighted by Gasteiger charge is -2.38. The zero-order valence-corrected chi connectivity index (χ0v) is 20.6. The number of amides is 1. The fourth-order valence-corrected chi connectivity index (χ4v) is 5.60. The molecule has 11 heteroatoms. The maximum atomic E-state index is 13.2. The molecular formula is C26H30F3N5O3. The number of phenols is 1. The van der Waals surface area contributed by atoms with Gasteiger partial charge in [-0.15, -0.1) is 0 Å². The maximum absolute atomic E-state index is 13.2. The van der Waals surface area contributed by atoms with E-state index in [0.29, 0.717) is 38.2 Å². The number of carbonyl (C=O) groups is 1. The molecule has 1 aliphatic heterocycles. The third-order valence-corrected chi connectivity index (χ3v) is 7.71. The van der Waals surface area contributed by atoms with Crippen molar-refractivity contribution in [3.8, 4) is 5.75 Å². The fourth-order valence-electron chi connectivity index (χ4n) is 5.60. The Kier molecular flexibility index (Phi) is 6.63. The first-order chi connectivity index (χ1) is 17.6. The van der Waals surface area contributed by atoms with Crippen molar-refractivity contribution >= 4 is 22.8 Å². The van der Waals surface area contributed by atoms with Crippen molar-refractivity contribution in [1.82, 2.24) is 19.0 Å². The molecule has 0 bridgehead atoms. The first kappa shape index (κ1) is 25.2. The number of pyridine rings is 1. The Morgan fingerprint density at radius 1 is 1.03 bits per heavy atom. The van der Waals surface area contributed by atoms with E-state index < -0.39 is 11.9 Å². The number of aryl methyl sites for hydroxylation is 1. The molecule has 37 heavy (non-hydrogen) atoms. The lowest BCUT2D eigenvalue weighted by atomic mass is 9.81. The summed E-state index contributed by atoms with van der Waals surface area (Å²) in [5.74, 6) is 0.674. The largest absolute Gasteiger partial charge is 0.508 e. The van der Waals surface area contributed by atoms with Crippen molar-refractivity contribution in [1.29, 1.82) is 0 Å². The van der Waals surface area contributed by atoms with Crippen molar-refractivity contribution in [2.45, 2.75) is 38.4 Å². The molecule has 0 spiro atoms. The van der Waals surface area contributed by atoms with Crippen LogP contribution in [0.2, 0.25) is 0 Å². The van der Waals surface area contributed by atoms with Crippen LogP contribution < -0.4 is 10.6 Å². The monoisotopic (exact) mass is 517 g/mol. The summed E-state index contributed by atoms with van der Waals surface area (Å²) >= 11 is 0. The first-order valence-corrected chi connectivity index (χ1v) is 12.6. The molecule has 198 valence electrons. The van der Waals surface area contributed by atoms with Gasteiger partial charge in [-0.05, 0) is 55.9 Å². The van der Waals surface area contributed by atoms with E-state index in [2.05, 4.69) is 4.98 Å². The van der Waals surface area contributed by atoms with Gasteiger partial charge < -0.3 is 14.9 Å². The molecule has 2 aromatic heterocycles. The van der Waals surface area contributed by atoms with E-state index >= 15 is 0 Å². The van der Waals surface area contributed by atoms with Crippen LogP contribution in [0.4, 0.5) is 19.0 Å². The minimum absolute atomic E-state index is 0.0808. The average molecular weight is 518 g/mol. The number of nitrogens with zero attached hydrogens (tertiary/aromatic N) is 5. The summed E-state index contributed by atoms with van der Waals surface area (Å²) in [7, 11) is 1.72. The number of fused-ring (bicyclic) bond motifs is 1. The molecule has 1 saturated carbocycles.